The summed E-state index contributed by atoms with van der Waals surface area (Å²) in [4.78, 5) is 14.9. The van der Waals surface area contributed by atoms with Crippen LogP contribution in [-0.4, -0.2) is 15.3 Å². The van der Waals surface area contributed by atoms with Crippen LogP contribution in [0.1, 0.15) is 12.5 Å². The highest BCUT2D eigenvalue weighted by atomic mass is 79.9. The smallest absolute Gasteiger partial charge is 0.271 e. The van der Waals surface area contributed by atoms with Crippen molar-refractivity contribution in [3.05, 3.63) is 63.5 Å². The van der Waals surface area contributed by atoms with Crippen molar-refractivity contribution >= 4 is 61.4 Å². The minimum atomic E-state index is -0.164. The summed E-state index contributed by atoms with van der Waals surface area (Å²) in [6, 6.07) is 14.3. The zero-order valence-electron chi connectivity index (χ0n) is 12.1. The summed E-state index contributed by atoms with van der Waals surface area (Å²) in [6.45, 7) is 1.91. The Bertz CT molecular complexity index is 848. The number of hydrogen-bond donors (Lipinski definition) is 1. The molecule has 1 amide bonds. The third-order valence-corrected chi connectivity index (χ3v) is 5.42. The van der Waals surface area contributed by atoms with Gasteiger partial charge in [-0.3, -0.25) is 9.69 Å². The van der Waals surface area contributed by atoms with E-state index in [0.717, 1.165) is 15.6 Å². The fraction of sp³-hybridized carbons (Fsp3) is 0.0588. The number of thioether (sulfide) groups is 1. The SMILES string of the molecule is CC(=C1SC(=S)N(c2cccc(O)c2)C1=O)c1cccc(Br)c1. The van der Waals surface area contributed by atoms with Gasteiger partial charge in [0.2, 0.25) is 0 Å². The molecule has 1 N–H and O–H groups in total. The van der Waals surface area contributed by atoms with Crippen molar-refractivity contribution in [3.63, 3.8) is 0 Å². The second-order valence-electron chi connectivity index (χ2n) is 4.99. The minimum absolute atomic E-state index is 0.101. The number of phenols is 1. The molecule has 2 aromatic rings. The van der Waals surface area contributed by atoms with Gasteiger partial charge in [0.05, 0.1) is 10.6 Å². The lowest BCUT2D eigenvalue weighted by molar-refractivity contribution is -0.113. The van der Waals surface area contributed by atoms with E-state index in [1.54, 1.807) is 18.2 Å². The van der Waals surface area contributed by atoms with E-state index < -0.39 is 0 Å². The van der Waals surface area contributed by atoms with E-state index in [0.29, 0.717) is 14.9 Å². The van der Waals surface area contributed by atoms with E-state index in [4.69, 9.17) is 12.2 Å². The second kappa shape index (κ2) is 6.47. The predicted octanol–water partition coefficient (Wildman–Crippen LogP) is 4.95. The molecule has 0 bridgehead atoms. The number of phenolic OH excluding ortho intramolecular Hbond substituents is 1. The molecule has 1 aliphatic heterocycles. The van der Waals surface area contributed by atoms with E-state index in [9.17, 15) is 9.90 Å². The van der Waals surface area contributed by atoms with Crippen molar-refractivity contribution in [3.8, 4) is 5.75 Å². The molecule has 0 saturated carbocycles. The van der Waals surface area contributed by atoms with Gasteiger partial charge in [-0.05, 0) is 42.3 Å². The van der Waals surface area contributed by atoms with Crippen molar-refractivity contribution in [2.45, 2.75) is 6.92 Å². The fourth-order valence-electron chi connectivity index (χ4n) is 2.31. The molecular weight excluding hydrogens is 394 g/mol. The van der Waals surface area contributed by atoms with Gasteiger partial charge >= 0.3 is 0 Å². The molecule has 1 aliphatic rings. The first-order valence-corrected chi connectivity index (χ1v) is 8.81. The van der Waals surface area contributed by atoms with Crippen molar-refractivity contribution in [1.82, 2.24) is 0 Å². The van der Waals surface area contributed by atoms with Gasteiger partial charge in [-0.25, -0.2) is 0 Å². The molecule has 0 aromatic heterocycles. The number of hydrogen-bond acceptors (Lipinski definition) is 4. The summed E-state index contributed by atoms with van der Waals surface area (Å²) < 4.78 is 1.42. The molecule has 3 nitrogen and oxygen atoms in total. The minimum Gasteiger partial charge on any atom is -0.508 e. The summed E-state index contributed by atoms with van der Waals surface area (Å²) in [7, 11) is 0. The first-order chi connectivity index (χ1) is 11.0. The Morgan fingerprint density at radius 2 is 1.96 bits per heavy atom. The third-order valence-electron chi connectivity index (χ3n) is 3.46. The van der Waals surface area contributed by atoms with Gasteiger partial charge in [0.1, 0.15) is 5.75 Å². The summed E-state index contributed by atoms with van der Waals surface area (Å²) in [5, 5.41) is 9.62. The zero-order valence-corrected chi connectivity index (χ0v) is 15.3. The van der Waals surface area contributed by atoms with Gasteiger partial charge in [-0.2, -0.15) is 0 Å². The number of carbonyl (C=O) groups excluding carboxylic acids is 1. The summed E-state index contributed by atoms with van der Waals surface area (Å²) in [5.74, 6) is -0.0627. The van der Waals surface area contributed by atoms with Crippen molar-refractivity contribution in [1.29, 1.82) is 0 Å². The molecule has 3 rings (SSSR count). The zero-order chi connectivity index (χ0) is 16.6. The number of halogens is 1. The average molecular weight is 406 g/mol. The van der Waals surface area contributed by atoms with Gasteiger partial charge in [0.25, 0.3) is 5.91 Å². The van der Waals surface area contributed by atoms with Gasteiger partial charge in [-0.1, -0.05) is 58.1 Å². The van der Waals surface area contributed by atoms with Crippen LogP contribution in [0.4, 0.5) is 5.69 Å². The number of benzene rings is 2. The quantitative estimate of drug-likeness (QED) is 0.566. The van der Waals surface area contributed by atoms with Gasteiger partial charge in [0.15, 0.2) is 4.32 Å². The van der Waals surface area contributed by atoms with Gasteiger partial charge in [0, 0.05) is 10.5 Å². The Balaban J connectivity index is 2.02. The summed E-state index contributed by atoms with van der Waals surface area (Å²) >= 11 is 10.1. The lowest BCUT2D eigenvalue weighted by atomic mass is 10.1. The molecule has 1 heterocycles. The number of anilines is 1. The number of thiocarbonyl (C=S) groups is 1. The lowest BCUT2D eigenvalue weighted by Crippen LogP contribution is -2.27. The highest BCUT2D eigenvalue weighted by molar-refractivity contribution is 9.10. The summed E-state index contributed by atoms with van der Waals surface area (Å²) in [6.07, 6.45) is 0. The number of amides is 1. The lowest BCUT2D eigenvalue weighted by Gasteiger charge is -2.14. The maximum atomic E-state index is 12.8. The predicted molar refractivity (Wildman–Crippen MR) is 103 cm³/mol. The second-order valence-corrected chi connectivity index (χ2v) is 7.55. The monoisotopic (exact) mass is 405 g/mol. The van der Waals surface area contributed by atoms with Crippen LogP contribution in [0.15, 0.2) is 57.9 Å². The normalized spacial score (nSPS) is 16.9. The Kier molecular flexibility index (Phi) is 4.57. The van der Waals surface area contributed by atoms with Crippen LogP contribution in [0, 0.1) is 0 Å². The standard InChI is InChI=1S/C17H12BrNO2S2/c1-10(11-4-2-5-12(18)8-11)15-16(21)19(17(22)23-15)13-6-3-7-14(20)9-13/h2-9,20H,1H3. The fourth-order valence-corrected chi connectivity index (χ4v) is 4.05. The van der Waals surface area contributed by atoms with Crippen LogP contribution in [0.5, 0.6) is 5.75 Å². The first kappa shape index (κ1) is 16.2. The molecule has 2 aromatic carbocycles. The average Bonchev–Trinajstić information content (AvgIpc) is 2.81. The Labute approximate surface area is 152 Å². The van der Waals surface area contributed by atoms with Crippen LogP contribution in [0.3, 0.4) is 0 Å². The summed E-state index contributed by atoms with van der Waals surface area (Å²) in [5.41, 5.74) is 2.42. The number of allylic oxidation sites excluding steroid dienone is 1. The first-order valence-electron chi connectivity index (χ1n) is 6.79. The topological polar surface area (TPSA) is 40.5 Å². The molecule has 0 unspecified atom stereocenters. The Morgan fingerprint density at radius 3 is 2.65 bits per heavy atom. The molecule has 1 saturated heterocycles. The molecule has 0 aliphatic carbocycles. The maximum absolute atomic E-state index is 12.8. The van der Waals surface area contributed by atoms with Crippen LogP contribution in [-0.2, 0) is 4.79 Å². The van der Waals surface area contributed by atoms with E-state index in [1.807, 2.05) is 31.2 Å². The molecule has 116 valence electrons. The highest BCUT2D eigenvalue weighted by Crippen LogP contribution is 2.39. The van der Waals surface area contributed by atoms with Gasteiger partial charge in [-0.15, -0.1) is 0 Å². The third kappa shape index (κ3) is 3.20. The van der Waals surface area contributed by atoms with E-state index >= 15 is 0 Å². The van der Waals surface area contributed by atoms with Crippen LogP contribution in [0.25, 0.3) is 5.57 Å². The van der Waals surface area contributed by atoms with Crippen molar-refractivity contribution in [2.75, 3.05) is 4.90 Å². The molecular formula is C17H12BrNO2S2. The van der Waals surface area contributed by atoms with E-state index in [1.165, 1.54) is 22.7 Å². The highest BCUT2D eigenvalue weighted by Gasteiger charge is 2.35. The molecule has 1 fully saturated rings. The van der Waals surface area contributed by atoms with E-state index in [-0.39, 0.29) is 11.7 Å². The van der Waals surface area contributed by atoms with Crippen molar-refractivity contribution in [2.24, 2.45) is 0 Å². The Hall–Kier alpha value is -1.63. The largest absolute Gasteiger partial charge is 0.508 e. The van der Waals surface area contributed by atoms with Crippen LogP contribution < -0.4 is 4.90 Å². The van der Waals surface area contributed by atoms with Crippen LogP contribution in [0.2, 0.25) is 0 Å². The maximum Gasteiger partial charge on any atom is 0.271 e. The molecule has 0 atom stereocenters. The van der Waals surface area contributed by atoms with Crippen molar-refractivity contribution < 1.29 is 9.90 Å². The Morgan fingerprint density at radius 1 is 1.22 bits per heavy atom. The number of rotatable bonds is 2. The van der Waals surface area contributed by atoms with Crippen LogP contribution >= 0.6 is 39.9 Å². The van der Waals surface area contributed by atoms with Gasteiger partial charge < -0.3 is 5.11 Å². The molecule has 0 spiro atoms. The molecule has 23 heavy (non-hydrogen) atoms. The number of nitrogens with zero attached hydrogens (tertiary/aromatic N) is 1. The molecule has 6 heteroatoms. The molecule has 0 radical (unpaired) electrons. The number of carbonyl (C=O) groups is 1. The number of aromatic hydroxyl groups is 1. The van der Waals surface area contributed by atoms with E-state index in [2.05, 4.69) is 15.9 Å².